The zero-order valence-electron chi connectivity index (χ0n) is 10.1. The van der Waals surface area contributed by atoms with Gasteiger partial charge in [-0.1, -0.05) is 12.2 Å². The lowest BCUT2D eigenvalue weighted by atomic mass is 10.1. The van der Waals surface area contributed by atoms with Gasteiger partial charge in [0.2, 0.25) is 0 Å². The first-order valence-corrected chi connectivity index (χ1v) is 7.02. The topological polar surface area (TPSA) is 42.2 Å². The predicted octanol–water partition coefficient (Wildman–Crippen LogP) is 2.05. The van der Waals surface area contributed by atoms with Gasteiger partial charge in [0.25, 0.3) is 0 Å². The van der Waals surface area contributed by atoms with Crippen LogP contribution in [0.4, 0.5) is 5.69 Å². The van der Waals surface area contributed by atoms with E-state index in [4.69, 9.17) is 18.0 Å². The van der Waals surface area contributed by atoms with Crippen molar-refractivity contribution in [2.45, 2.75) is 18.6 Å². The number of rotatable bonds is 2. The van der Waals surface area contributed by atoms with Gasteiger partial charge in [-0.3, -0.25) is 4.98 Å². The van der Waals surface area contributed by atoms with Gasteiger partial charge in [0, 0.05) is 35.3 Å². The van der Waals surface area contributed by atoms with Gasteiger partial charge in [-0.15, -0.1) is 0 Å². The molecule has 0 spiro atoms. The van der Waals surface area contributed by atoms with Crippen molar-refractivity contribution in [3.05, 3.63) is 24.0 Å². The maximum Gasteiger partial charge on any atom is 0.106 e. The standard InChI is InChI=1S/C12H17N3S2/c1-12(2)8-15(5-6-17-12)10-7-14-4-3-9(10)11(13)16/h3-4,7H,5-6,8H2,1-2H3,(H2,13,16). The van der Waals surface area contributed by atoms with Crippen LogP contribution in [0.25, 0.3) is 0 Å². The Morgan fingerprint density at radius 3 is 3.00 bits per heavy atom. The molecule has 0 aromatic carbocycles. The predicted molar refractivity (Wildman–Crippen MR) is 78.9 cm³/mol. The van der Waals surface area contributed by atoms with Gasteiger partial charge in [0.1, 0.15) is 4.99 Å². The molecule has 1 saturated heterocycles. The zero-order valence-corrected chi connectivity index (χ0v) is 11.8. The lowest BCUT2D eigenvalue weighted by Crippen LogP contribution is -2.43. The van der Waals surface area contributed by atoms with Gasteiger partial charge >= 0.3 is 0 Å². The van der Waals surface area contributed by atoms with Gasteiger partial charge in [0.05, 0.1) is 11.9 Å². The molecule has 5 heteroatoms. The Bertz CT molecular complexity index is 432. The van der Waals surface area contributed by atoms with E-state index in [1.807, 2.05) is 24.0 Å². The first-order chi connectivity index (χ1) is 7.99. The third-order valence-electron chi connectivity index (χ3n) is 2.83. The summed E-state index contributed by atoms with van der Waals surface area (Å²) in [6.45, 7) is 6.55. The van der Waals surface area contributed by atoms with Crippen molar-refractivity contribution in [3.63, 3.8) is 0 Å². The SMILES string of the molecule is CC1(C)CN(c2cnccc2C(N)=S)CCS1. The monoisotopic (exact) mass is 267 g/mol. The molecule has 0 amide bonds. The summed E-state index contributed by atoms with van der Waals surface area (Å²) in [4.78, 5) is 6.96. The molecule has 17 heavy (non-hydrogen) atoms. The molecule has 0 unspecified atom stereocenters. The van der Waals surface area contributed by atoms with Crippen LogP contribution >= 0.6 is 24.0 Å². The minimum atomic E-state index is 0.265. The fourth-order valence-corrected chi connectivity index (χ4v) is 3.35. The largest absolute Gasteiger partial charge is 0.389 e. The minimum absolute atomic E-state index is 0.265. The van der Waals surface area contributed by atoms with Crippen LogP contribution in [0, 0.1) is 0 Å². The van der Waals surface area contributed by atoms with Gasteiger partial charge < -0.3 is 10.6 Å². The number of hydrogen-bond donors (Lipinski definition) is 1. The Balaban J connectivity index is 2.30. The van der Waals surface area contributed by atoms with Crippen molar-refractivity contribution < 1.29 is 0 Å². The first-order valence-electron chi connectivity index (χ1n) is 5.62. The Morgan fingerprint density at radius 1 is 1.59 bits per heavy atom. The average molecular weight is 267 g/mol. The highest BCUT2D eigenvalue weighted by molar-refractivity contribution is 8.00. The Kier molecular flexibility index (Phi) is 3.58. The van der Waals surface area contributed by atoms with E-state index in [2.05, 4.69) is 23.7 Å². The number of nitrogens with zero attached hydrogens (tertiary/aromatic N) is 2. The van der Waals surface area contributed by atoms with Crippen molar-refractivity contribution in [2.24, 2.45) is 5.73 Å². The second kappa shape index (κ2) is 4.82. The number of thioether (sulfide) groups is 1. The van der Waals surface area contributed by atoms with Crippen molar-refractivity contribution in [1.29, 1.82) is 0 Å². The lowest BCUT2D eigenvalue weighted by Gasteiger charge is -2.39. The zero-order chi connectivity index (χ0) is 12.5. The van der Waals surface area contributed by atoms with Crippen molar-refractivity contribution >= 4 is 34.7 Å². The van der Waals surface area contributed by atoms with Gasteiger partial charge in [-0.25, -0.2) is 0 Å². The molecule has 1 aliphatic rings. The highest BCUT2D eigenvalue weighted by atomic mass is 32.2. The summed E-state index contributed by atoms with van der Waals surface area (Å²) in [6.07, 6.45) is 3.60. The smallest absolute Gasteiger partial charge is 0.106 e. The van der Waals surface area contributed by atoms with E-state index in [1.165, 1.54) is 0 Å². The van der Waals surface area contributed by atoms with Crippen LogP contribution in [0.2, 0.25) is 0 Å². The molecule has 3 nitrogen and oxygen atoms in total. The molecule has 2 heterocycles. The van der Waals surface area contributed by atoms with Crippen molar-refractivity contribution in [1.82, 2.24) is 4.98 Å². The first kappa shape index (κ1) is 12.6. The quantitative estimate of drug-likeness (QED) is 0.831. The number of anilines is 1. The maximum atomic E-state index is 5.76. The van der Waals surface area contributed by atoms with Crippen LogP contribution in [0.3, 0.4) is 0 Å². The summed E-state index contributed by atoms with van der Waals surface area (Å²) >= 11 is 7.10. The molecule has 2 rings (SSSR count). The van der Waals surface area contributed by atoms with Crippen LogP contribution in [-0.2, 0) is 0 Å². The van der Waals surface area contributed by atoms with Gasteiger partial charge in [-0.05, 0) is 19.9 Å². The molecule has 1 aromatic rings. The normalized spacial score (nSPS) is 19.1. The maximum absolute atomic E-state index is 5.76. The van der Waals surface area contributed by atoms with E-state index in [1.54, 1.807) is 6.20 Å². The van der Waals surface area contributed by atoms with Gasteiger partial charge in [-0.2, -0.15) is 11.8 Å². The van der Waals surface area contributed by atoms with Crippen LogP contribution in [0.5, 0.6) is 0 Å². The summed E-state index contributed by atoms with van der Waals surface area (Å²) in [5.74, 6) is 1.12. The Hall–Kier alpha value is -0.810. The van der Waals surface area contributed by atoms with E-state index in [9.17, 15) is 0 Å². The third kappa shape index (κ3) is 2.90. The van der Waals surface area contributed by atoms with E-state index >= 15 is 0 Å². The highest BCUT2D eigenvalue weighted by Gasteiger charge is 2.28. The summed E-state index contributed by atoms with van der Waals surface area (Å²) in [5.41, 5.74) is 7.75. The summed E-state index contributed by atoms with van der Waals surface area (Å²) in [5, 5.41) is 0. The van der Waals surface area contributed by atoms with E-state index < -0.39 is 0 Å². The number of thiocarbonyl (C=S) groups is 1. The molecule has 0 atom stereocenters. The summed E-state index contributed by atoms with van der Waals surface area (Å²) in [7, 11) is 0. The van der Waals surface area contributed by atoms with Crippen LogP contribution in [-0.4, -0.2) is 33.6 Å². The van der Waals surface area contributed by atoms with Gasteiger partial charge in [0.15, 0.2) is 0 Å². The molecular weight excluding hydrogens is 250 g/mol. The van der Waals surface area contributed by atoms with E-state index in [0.29, 0.717) is 4.99 Å². The van der Waals surface area contributed by atoms with Crippen LogP contribution < -0.4 is 10.6 Å². The van der Waals surface area contributed by atoms with Crippen molar-refractivity contribution in [3.8, 4) is 0 Å². The molecule has 1 aliphatic heterocycles. The summed E-state index contributed by atoms with van der Waals surface area (Å²) in [6, 6.07) is 1.90. The minimum Gasteiger partial charge on any atom is -0.389 e. The molecule has 0 radical (unpaired) electrons. The Labute approximate surface area is 112 Å². The molecular formula is C12H17N3S2. The third-order valence-corrected chi connectivity index (χ3v) is 4.35. The average Bonchev–Trinajstić information content (AvgIpc) is 2.27. The molecule has 92 valence electrons. The lowest BCUT2D eigenvalue weighted by molar-refractivity contribution is 0.647. The van der Waals surface area contributed by atoms with Crippen LogP contribution in [0.15, 0.2) is 18.5 Å². The second-order valence-electron chi connectivity index (χ2n) is 4.79. The number of pyridine rings is 1. The Morgan fingerprint density at radius 2 is 2.35 bits per heavy atom. The molecule has 0 aliphatic carbocycles. The van der Waals surface area contributed by atoms with E-state index in [0.717, 1.165) is 30.1 Å². The number of nitrogens with two attached hydrogens (primary N) is 1. The molecule has 0 saturated carbocycles. The summed E-state index contributed by atoms with van der Waals surface area (Å²) < 4.78 is 0.265. The fourth-order valence-electron chi connectivity index (χ4n) is 2.07. The van der Waals surface area contributed by atoms with Crippen molar-refractivity contribution in [2.75, 3.05) is 23.7 Å². The molecule has 0 bridgehead atoms. The molecule has 2 N–H and O–H groups in total. The van der Waals surface area contributed by atoms with E-state index in [-0.39, 0.29) is 4.75 Å². The second-order valence-corrected chi connectivity index (χ2v) is 7.03. The van der Waals surface area contributed by atoms with Crippen LogP contribution in [0.1, 0.15) is 19.4 Å². The number of hydrogen-bond acceptors (Lipinski definition) is 4. The highest BCUT2D eigenvalue weighted by Crippen LogP contribution is 2.33. The molecule has 1 fully saturated rings. The molecule has 1 aromatic heterocycles. The number of aromatic nitrogens is 1. The fraction of sp³-hybridized carbons (Fsp3) is 0.500.